The molecule has 0 aromatic heterocycles. The average Bonchev–Trinajstić information content (AvgIpc) is 1.89. The third-order valence-electron chi connectivity index (χ3n) is 1.01. The molecule has 9 heavy (non-hydrogen) atoms. The SMILES string of the molecule is C=CCCCPCOC. The Morgan fingerprint density at radius 1 is 1.67 bits per heavy atom. The van der Waals surface area contributed by atoms with E-state index in [-0.39, 0.29) is 0 Å². The lowest BCUT2D eigenvalue weighted by Crippen LogP contribution is -1.81. The molecule has 0 aromatic rings. The lowest BCUT2D eigenvalue weighted by Gasteiger charge is -1.96. The Labute approximate surface area is 59.3 Å². The summed E-state index contributed by atoms with van der Waals surface area (Å²) >= 11 is 0. The van der Waals surface area contributed by atoms with Crippen LogP contribution in [0, 0.1) is 0 Å². The molecule has 0 heterocycles. The van der Waals surface area contributed by atoms with Gasteiger partial charge in [0.15, 0.2) is 0 Å². The Bertz CT molecular complexity index is 63.9. The zero-order chi connectivity index (χ0) is 6.95. The highest BCUT2D eigenvalue weighted by Crippen LogP contribution is 2.11. The molecule has 0 saturated carbocycles. The first-order valence-electron chi connectivity index (χ1n) is 3.22. The van der Waals surface area contributed by atoms with Crippen molar-refractivity contribution in [3.63, 3.8) is 0 Å². The fourth-order valence-corrected chi connectivity index (χ4v) is 1.35. The van der Waals surface area contributed by atoms with Crippen LogP contribution < -0.4 is 0 Å². The molecule has 54 valence electrons. The minimum Gasteiger partial charge on any atom is -0.380 e. The number of ether oxygens (including phenoxy) is 1. The summed E-state index contributed by atoms with van der Waals surface area (Å²) in [5, 5.41) is 0. The maximum absolute atomic E-state index is 4.91. The highest BCUT2D eigenvalue weighted by molar-refractivity contribution is 7.37. The monoisotopic (exact) mass is 146 g/mol. The number of hydrogen-bond donors (Lipinski definition) is 0. The van der Waals surface area contributed by atoms with Gasteiger partial charge in [0.2, 0.25) is 0 Å². The van der Waals surface area contributed by atoms with Gasteiger partial charge in [-0.2, -0.15) is 0 Å². The van der Waals surface area contributed by atoms with Crippen LogP contribution in [0.5, 0.6) is 0 Å². The molecule has 1 unspecified atom stereocenters. The predicted molar refractivity (Wildman–Crippen MR) is 44.5 cm³/mol. The minimum absolute atomic E-state index is 0.928. The Morgan fingerprint density at radius 3 is 3.00 bits per heavy atom. The van der Waals surface area contributed by atoms with Gasteiger partial charge in [0.1, 0.15) is 0 Å². The lowest BCUT2D eigenvalue weighted by atomic mass is 10.3. The molecular formula is C7H15OP. The first kappa shape index (κ1) is 9.13. The summed E-state index contributed by atoms with van der Waals surface area (Å²) in [6, 6.07) is 0. The van der Waals surface area contributed by atoms with Crippen LogP contribution in [0.25, 0.3) is 0 Å². The summed E-state index contributed by atoms with van der Waals surface area (Å²) in [6.07, 6.45) is 6.61. The van der Waals surface area contributed by atoms with Crippen molar-refractivity contribution in [2.45, 2.75) is 12.8 Å². The molecule has 0 aromatic carbocycles. The molecule has 0 aliphatic carbocycles. The van der Waals surface area contributed by atoms with Crippen LogP contribution in [-0.4, -0.2) is 19.6 Å². The van der Waals surface area contributed by atoms with E-state index in [0.717, 1.165) is 21.3 Å². The Hall–Kier alpha value is 0.130. The maximum atomic E-state index is 4.91. The zero-order valence-corrected chi connectivity index (χ0v) is 7.02. The maximum Gasteiger partial charge on any atom is 0.0627 e. The van der Waals surface area contributed by atoms with Crippen molar-refractivity contribution >= 4 is 8.58 Å². The van der Waals surface area contributed by atoms with Gasteiger partial charge in [-0.3, -0.25) is 0 Å². The molecule has 0 rings (SSSR count). The van der Waals surface area contributed by atoms with E-state index in [1.807, 2.05) is 6.08 Å². The molecular weight excluding hydrogens is 131 g/mol. The number of hydrogen-bond acceptors (Lipinski definition) is 1. The Kier molecular flexibility index (Phi) is 8.25. The largest absolute Gasteiger partial charge is 0.380 e. The second-order valence-electron chi connectivity index (χ2n) is 1.86. The van der Waals surface area contributed by atoms with Crippen molar-refractivity contribution in [1.29, 1.82) is 0 Å². The number of allylic oxidation sites excluding steroid dienone is 1. The van der Waals surface area contributed by atoms with Crippen LogP contribution in [0.15, 0.2) is 12.7 Å². The first-order valence-corrected chi connectivity index (χ1v) is 4.63. The highest BCUT2D eigenvalue weighted by Gasteiger charge is 1.83. The summed E-state index contributed by atoms with van der Waals surface area (Å²) in [5.74, 6) is 0. The van der Waals surface area contributed by atoms with Crippen molar-refractivity contribution in [3.05, 3.63) is 12.7 Å². The lowest BCUT2D eigenvalue weighted by molar-refractivity contribution is 0.256. The van der Waals surface area contributed by atoms with Gasteiger partial charge in [-0.05, 0) is 19.0 Å². The van der Waals surface area contributed by atoms with Crippen LogP contribution in [0.1, 0.15) is 12.8 Å². The van der Waals surface area contributed by atoms with Crippen molar-refractivity contribution in [2.24, 2.45) is 0 Å². The molecule has 0 radical (unpaired) electrons. The average molecular weight is 146 g/mol. The molecule has 0 saturated heterocycles. The van der Waals surface area contributed by atoms with Crippen molar-refractivity contribution in [1.82, 2.24) is 0 Å². The second kappa shape index (κ2) is 8.13. The smallest absolute Gasteiger partial charge is 0.0627 e. The van der Waals surface area contributed by atoms with E-state index in [0.29, 0.717) is 0 Å². The van der Waals surface area contributed by atoms with Crippen LogP contribution in [0.2, 0.25) is 0 Å². The summed E-state index contributed by atoms with van der Waals surface area (Å²) < 4.78 is 4.91. The van der Waals surface area contributed by atoms with E-state index < -0.39 is 0 Å². The normalized spacial score (nSPS) is 10.8. The molecule has 0 aliphatic rings. The van der Waals surface area contributed by atoms with Gasteiger partial charge in [0, 0.05) is 7.11 Å². The van der Waals surface area contributed by atoms with E-state index in [1.165, 1.54) is 12.6 Å². The topological polar surface area (TPSA) is 9.23 Å². The summed E-state index contributed by atoms with van der Waals surface area (Å²) in [7, 11) is 2.72. The molecule has 0 fully saturated rings. The van der Waals surface area contributed by atoms with Gasteiger partial charge < -0.3 is 4.74 Å². The Balaban J connectivity index is 2.66. The van der Waals surface area contributed by atoms with Gasteiger partial charge in [-0.1, -0.05) is 14.7 Å². The Morgan fingerprint density at radius 2 is 2.44 bits per heavy atom. The van der Waals surface area contributed by atoms with Crippen LogP contribution in [0.4, 0.5) is 0 Å². The third-order valence-corrected chi connectivity index (χ3v) is 2.21. The molecule has 0 N–H and O–H groups in total. The molecule has 2 heteroatoms. The minimum atomic E-state index is 0.928. The van der Waals surface area contributed by atoms with Gasteiger partial charge in [0.25, 0.3) is 0 Å². The number of methoxy groups -OCH3 is 1. The second-order valence-corrected chi connectivity index (χ2v) is 3.15. The first-order chi connectivity index (χ1) is 4.41. The van der Waals surface area contributed by atoms with Gasteiger partial charge >= 0.3 is 0 Å². The molecule has 1 atom stereocenters. The summed E-state index contributed by atoms with van der Waals surface area (Å²) in [4.78, 5) is 0. The summed E-state index contributed by atoms with van der Waals surface area (Å²) in [5.41, 5.74) is 0. The molecule has 0 aliphatic heterocycles. The molecule has 0 spiro atoms. The number of rotatable bonds is 6. The van der Waals surface area contributed by atoms with E-state index >= 15 is 0 Å². The van der Waals surface area contributed by atoms with Crippen molar-refractivity contribution in [2.75, 3.05) is 19.6 Å². The van der Waals surface area contributed by atoms with Gasteiger partial charge in [-0.15, -0.1) is 6.58 Å². The van der Waals surface area contributed by atoms with Crippen LogP contribution >= 0.6 is 8.58 Å². The molecule has 0 bridgehead atoms. The standard InChI is InChI=1S/C7H15OP/c1-3-4-5-6-9-7-8-2/h3,9H,1,4-7H2,2H3. The summed E-state index contributed by atoms with van der Waals surface area (Å²) in [6.45, 7) is 3.65. The van der Waals surface area contributed by atoms with Crippen LogP contribution in [0.3, 0.4) is 0 Å². The van der Waals surface area contributed by atoms with E-state index in [1.54, 1.807) is 7.11 Å². The van der Waals surface area contributed by atoms with E-state index in [9.17, 15) is 0 Å². The van der Waals surface area contributed by atoms with Gasteiger partial charge in [-0.25, -0.2) is 0 Å². The highest BCUT2D eigenvalue weighted by atomic mass is 31.1. The molecule has 1 nitrogen and oxygen atoms in total. The number of unbranched alkanes of at least 4 members (excludes halogenated alkanes) is 1. The fourth-order valence-electron chi connectivity index (χ4n) is 0.546. The van der Waals surface area contributed by atoms with Crippen molar-refractivity contribution in [3.8, 4) is 0 Å². The fraction of sp³-hybridized carbons (Fsp3) is 0.714. The van der Waals surface area contributed by atoms with Crippen LogP contribution in [-0.2, 0) is 4.74 Å². The molecule has 0 amide bonds. The third kappa shape index (κ3) is 8.13. The van der Waals surface area contributed by atoms with E-state index in [4.69, 9.17) is 4.74 Å². The van der Waals surface area contributed by atoms with Crippen molar-refractivity contribution < 1.29 is 4.74 Å². The zero-order valence-electron chi connectivity index (χ0n) is 6.02. The van der Waals surface area contributed by atoms with Gasteiger partial charge in [0.05, 0.1) is 6.35 Å². The quantitative estimate of drug-likeness (QED) is 0.317. The predicted octanol–water partition coefficient (Wildman–Crippen LogP) is 2.24. The van der Waals surface area contributed by atoms with E-state index in [2.05, 4.69) is 6.58 Å².